The van der Waals surface area contributed by atoms with Crippen LogP contribution in [0.5, 0.6) is 0 Å². The molecule has 0 atom stereocenters. The standard InChI is InChI=1S/C14H7F2N3O/c15-9-3-7-4-13-18-11-6-17-2-1-8(11)14(20)19(13)12(7)5-10(9)16/h1-3,5-6H,4H2. The molecule has 0 spiro atoms. The molecule has 0 aliphatic carbocycles. The number of halogens is 2. The number of rotatable bonds is 0. The van der Waals surface area contributed by atoms with E-state index in [4.69, 9.17) is 0 Å². The van der Waals surface area contributed by atoms with Crippen molar-refractivity contribution in [2.75, 3.05) is 0 Å². The van der Waals surface area contributed by atoms with E-state index in [1.54, 1.807) is 6.07 Å². The Kier molecular flexibility index (Phi) is 2.07. The van der Waals surface area contributed by atoms with E-state index in [9.17, 15) is 13.6 Å². The number of nitrogens with zero attached hydrogens (tertiary/aromatic N) is 3. The van der Waals surface area contributed by atoms with Crippen LogP contribution in [0.2, 0.25) is 0 Å². The molecule has 1 aliphatic heterocycles. The second-order valence-electron chi connectivity index (χ2n) is 4.63. The Bertz CT molecular complexity index is 934. The molecule has 2 aromatic heterocycles. The Morgan fingerprint density at radius 1 is 1.20 bits per heavy atom. The molecule has 1 aliphatic rings. The van der Waals surface area contributed by atoms with Gasteiger partial charge in [-0.15, -0.1) is 0 Å². The van der Waals surface area contributed by atoms with Crippen LogP contribution in [0.15, 0.2) is 35.4 Å². The van der Waals surface area contributed by atoms with Gasteiger partial charge in [-0.1, -0.05) is 0 Å². The molecule has 0 amide bonds. The predicted octanol–water partition coefficient (Wildman–Crippen LogP) is 1.96. The predicted molar refractivity (Wildman–Crippen MR) is 67.9 cm³/mol. The Morgan fingerprint density at radius 2 is 2.00 bits per heavy atom. The summed E-state index contributed by atoms with van der Waals surface area (Å²) in [6.45, 7) is 0. The summed E-state index contributed by atoms with van der Waals surface area (Å²) in [6.07, 6.45) is 3.30. The third-order valence-corrected chi connectivity index (χ3v) is 3.45. The maximum atomic E-state index is 13.4. The molecule has 4 rings (SSSR count). The van der Waals surface area contributed by atoms with Crippen LogP contribution in [0.3, 0.4) is 0 Å². The zero-order valence-corrected chi connectivity index (χ0v) is 10.1. The highest BCUT2D eigenvalue weighted by atomic mass is 19.2. The molecule has 0 saturated carbocycles. The van der Waals surface area contributed by atoms with Crippen molar-refractivity contribution in [3.8, 4) is 5.69 Å². The minimum Gasteiger partial charge on any atom is -0.268 e. The summed E-state index contributed by atoms with van der Waals surface area (Å²) in [4.78, 5) is 20.7. The fourth-order valence-electron chi connectivity index (χ4n) is 2.55. The van der Waals surface area contributed by atoms with Gasteiger partial charge >= 0.3 is 0 Å². The van der Waals surface area contributed by atoms with Crippen LogP contribution in [0, 0.1) is 11.6 Å². The van der Waals surface area contributed by atoms with Crippen molar-refractivity contribution in [1.29, 1.82) is 0 Å². The van der Waals surface area contributed by atoms with Gasteiger partial charge in [-0.25, -0.2) is 13.8 Å². The molecule has 0 radical (unpaired) electrons. The quantitative estimate of drug-likeness (QED) is 0.491. The molecule has 3 aromatic rings. The lowest BCUT2D eigenvalue weighted by Crippen LogP contribution is -2.20. The smallest absolute Gasteiger partial charge is 0.266 e. The van der Waals surface area contributed by atoms with Crippen LogP contribution in [0.1, 0.15) is 11.4 Å². The fraction of sp³-hybridized carbons (Fsp3) is 0.0714. The Hall–Kier alpha value is -2.63. The normalized spacial score (nSPS) is 12.5. The third-order valence-electron chi connectivity index (χ3n) is 3.45. The van der Waals surface area contributed by atoms with Crippen molar-refractivity contribution in [3.05, 3.63) is 64.0 Å². The maximum absolute atomic E-state index is 13.4. The number of benzene rings is 1. The number of aromatic nitrogens is 3. The van der Waals surface area contributed by atoms with E-state index < -0.39 is 11.6 Å². The number of pyridine rings is 1. The topological polar surface area (TPSA) is 47.8 Å². The van der Waals surface area contributed by atoms with E-state index in [0.29, 0.717) is 34.4 Å². The van der Waals surface area contributed by atoms with Crippen molar-refractivity contribution < 1.29 is 8.78 Å². The maximum Gasteiger partial charge on any atom is 0.266 e. The van der Waals surface area contributed by atoms with Crippen LogP contribution >= 0.6 is 0 Å². The van der Waals surface area contributed by atoms with E-state index in [0.717, 1.165) is 12.1 Å². The highest BCUT2D eigenvalue weighted by Crippen LogP contribution is 2.27. The van der Waals surface area contributed by atoms with Gasteiger partial charge < -0.3 is 0 Å². The summed E-state index contributed by atoms with van der Waals surface area (Å²) in [6, 6.07) is 3.72. The third kappa shape index (κ3) is 1.36. The lowest BCUT2D eigenvalue weighted by atomic mass is 10.1. The minimum absolute atomic E-state index is 0.294. The zero-order valence-electron chi connectivity index (χ0n) is 10.1. The molecule has 0 saturated heterocycles. The molecular weight excluding hydrogens is 264 g/mol. The van der Waals surface area contributed by atoms with Gasteiger partial charge in [0.25, 0.3) is 5.56 Å². The Balaban J connectivity index is 2.12. The van der Waals surface area contributed by atoms with Crippen LogP contribution in [-0.2, 0) is 6.42 Å². The molecule has 98 valence electrons. The van der Waals surface area contributed by atoms with Crippen molar-refractivity contribution in [2.24, 2.45) is 0 Å². The molecule has 0 N–H and O–H groups in total. The van der Waals surface area contributed by atoms with Crippen molar-refractivity contribution in [2.45, 2.75) is 6.42 Å². The monoisotopic (exact) mass is 271 g/mol. The molecular formula is C14H7F2N3O. The first-order chi connectivity index (χ1) is 9.65. The summed E-state index contributed by atoms with van der Waals surface area (Å²) in [7, 11) is 0. The average molecular weight is 271 g/mol. The number of hydrogen-bond acceptors (Lipinski definition) is 3. The van der Waals surface area contributed by atoms with Gasteiger partial charge in [-0.2, -0.15) is 0 Å². The highest BCUT2D eigenvalue weighted by Gasteiger charge is 2.24. The molecule has 3 heterocycles. The first-order valence-corrected chi connectivity index (χ1v) is 5.99. The molecule has 0 unspecified atom stereocenters. The largest absolute Gasteiger partial charge is 0.268 e. The van der Waals surface area contributed by atoms with Crippen LogP contribution in [0.25, 0.3) is 16.6 Å². The van der Waals surface area contributed by atoms with Gasteiger partial charge in [-0.3, -0.25) is 14.3 Å². The number of fused-ring (bicyclic) bond motifs is 4. The summed E-state index contributed by atoms with van der Waals surface area (Å²) in [5.41, 5.74) is 1.10. The van der Waals surface area contributed by atoms with Gasteiger partial charge in [0.1, 0.15) is 5.82 Å². The van der Waals surface area contributed by atoms with Crippen LogP contribution in [0.4, 0.5) is 8.78 Å². The zero-order chi connectivity index (χ0) is 13.9. The first-order valence-electron chi connectivity index (χ1n) is 5.99. The molecule has 20 heavy (non-hydrogen) atoms. The van der Waals surface area contributed by atoms with E-state index >= 15 is 0 Å². The van der Waals surface area contributed by atoms with Crippen molar-refractivity contribution >= 4 is 10.9 Å². The van der Waals surface area contributed by atoms with Crippen LogP contribution < -0.4 is 5.56 Å². The van der Waals surface area contributed by atoms with Gasteiger partial charge in [-0.05, 0) is 17.7 Å². The summed E-state index contributed by atoms with van der Waals surface area (Å²) >= 11 is 0. The van der Waals surface area contributed by atoms with Crippen molar-refractivity contribution in [1.82, 2.24) is 14.5 Å². The fourth-order valence-corrected chi connectivity index (χ4v) is 2.55. The van der Waals surface area contributed by atoms with Gasteiger partial charge in [0.05, 0.1) is 22.8 Å². The van der Waals surface area contributed by atoms with E-state index in [1.807, 2.05) is 0 Å². The van der Waals surface area contributed by atoms with E-state index in [-0.39, 0.29) is 5.56 Å². The second kappa shape index (κ2) is 3.69. The first kappa shape index (κ1) is 11.2. The van der Waals surface area contributed by atoms with E-state index in [1.165, 1.54) is 17.0 Å². The summed E-state index contributed by atoms with van der Waals surface area (Å²) in [5, 5.41) is 0.404. The minimum atomic E-state index is -0.974. The molecule has 0 bridgehead atoms. The van der Waals surface area contributed by atoms with Gasteiger partial charge in [0, 0.05) is 18.7 Å². The van der Waals surface area contributed by atoms with Crippen LogP contribution in [-0.4, -0.2) is 14.5 Å². The SMILES string of the molecule is O=c1c2ccncc2nc2n1-c1cc(F)c(F)cc1C2. The molecule has 1 aromatic carbocycles. The Morgan fingerprint density at radius 3 is 2.85 bits per heavy atom. The van der Waals surface area contributed by atoms with Crippen molar-refractivity contribution in [3.63, 3.8) is 0 Å². The van der Waals surface area contributed by atoms with Gasteiger partial charge in [0.2, 0.25) is 0 Å². The lowest BCUT2D eigenvalue weighted by molar-refractivity contribution is 0.507. The van der Waals surface area contributed by atoms with Gasteiger partial charge in [0.15, 0.2) is 11.6 Å². The second-order valence-corrected chi connectivity index (χ2v) is 4.63. The van der Waals surface area contributed by atoms with E-state index in [2.05, 4.69) is 9.97 Å². The lowest BCUT2D eigenvalue weighted by Gasteiger charge is -2.06. The molecule has 0 fully saturated rings. The number of hydrogen-bond donors (Lipinski definition) is 0. The highest BCUT2D eigenvalue weighted by molar-refractivity contribution is 5.77. The summed E-state index contributed by atoms with van der Waals surface area (Å²) < 4.78 is 28.0. The molecule has 6 heteroatoms. The average Bonchev–Trinajstić information content (AvgIpc) is 2.77. The molecule has 4 nitrogen and oxygen atoms in total. The Labute approximate surface area is 111 Å². The summed E-state index contributed by atoms with van der Waals surface area (Å²) in [5.74, 6) is -1.43.